The van der Waals surface area contributed by atoms with E-state index < -0.39 is 0 Å². The van der Waals surface area contributed by atoms with Crippen LogP contribution >= 0.6 is 0 Å². The highest BCUT2D eigenvalue weighted by atomic mass is 16.3. The molecular weight excluding hydrogens is 326 g/mol. The summed E-state index contributed by atoms with van der Waals surface area (Å²) >= 11 is 0. The lowest BCUT2D eigenvalue weighted by molar-refractivity contribution is 0.126. The molecule has 0 amide bonds. The molecule has 0 aliphatic heterocycles. The maximum Gasteiger partial charge on any atom is 0.154 e. The van der Waals surface area contributed by atoms with Crippen LogP contribution in [0.15, 0.2) is 48.7 Å². The van der Waals surface area contributed by atoms with Crippen molar-refractivity contribution in [1.29, 1.82) is 0 Å². The Bertz CT molecular complexity index is 1030. The van der Waals surface area contributed by atoms with E-state index in [1.54, 1.807) is 0 Å². The summed E-state index contributed by atoms with van der Waals surface area (Å²) in [5.74, 6) is 0.842. The van der Waals surface area contributed by atoms with E-state index in [2.05, 4.69) is 33.5 Å². The molecule has 26 heavy (non-hydrogen) atoms. The maximum absolute atomic E-state index is 9.67. The van der Waals surface area contributed by atoms with Gasteiger partial charge in [0, 0.05) is 16.9 Å². The summed E-state index contributed by atoms with van der Waals surface area (Å²) in [5, 5.41) is 19.1. The summed E-state index contributed by atoms with van der Waals surface area (Å²) < 4.78 is 1.88. The number of aromatic amines is 1. The third-order valence-electron chi connectivity index (χ3n) is 5.22. The van der Waals surface area contributed by atoms with Gasteiger partial charge in [0.1, 0.15) is 11.5 Å². The van der Waals surface area contributed by atoms with Gasteiger partial charge in [0.25, 0.3) is 0 Å². The van der Waals surface area contributed by atoms with Crippen LogP contribution in [-0.2, 0) is 0 Å². The number of aliphatic hydroxyl groups excluding tert-OH is 1. The second kappa shape index (κ2) is 6.14. The van der Waals surface area contributed by atoms with Gasteiger partial charge in [-0.2, -0.15) is 0 Å². The molecule has 0 atom stereocenters. The number of nitrogens with one attached hydrogen (secondary N) is 2. The zero-order chi connectivity index (χ0) is 17.5. The van der Waals surface area contributed by atoms with Crippen molar-refractivity contribution in [1.82, 2.24) is 19.6 Å². The fraction of sp³-hybridized carbons (Fsp3) is 0.300. The predicted octanol–water partition coefficient (Wildman–Crippen LogP) is 3.59. The van der Waals surface area contributed by atoms with Crippen molar-refractivity contribution in [3.05, 3.63) is 48.7 Å². The summed E-state index contributed by atoms with van der Waals surface area (Å²) in [6.45, 7) is 0. The molecule has 5 rings (SSSR count). The van der Waals surface area contributed by atoms with Crippen LogP contribution in [0.3, 0.4) is 0 Å². The van der Waals surface area contributed by atoms with E-state index in [-0.39, 0.29) is 6.10 Å². The van der Waals surface area contributed by atoms with Crippen molar-refractivity contribution in [2.24, 2.45) is 0 Å². The Balaban J connectivity index is 1.49. The quantitative estimate of drug-likeness (QED) is 0.529. The molecule has 0 unspecified atom stereocenters. The summed E-state index contributed by atoms with van der Waals surface area (Å²) in [4.78, 5) is 7.93. The highest BCUT2D eigenvalue weighted by Crippen LogP contribution is 2.26. The molecule has 0 spiro atoms. The molecule has 4 aromatic rings. The van der Waals surface area contributed by atoms with Crippen LogP contribution in [-0.4, -0.2) is 36.8 Å². The Morgan fingerprint density at radius 1 is 1.08 bits per heavy atom. The van der Waals surface area contributed by atoms with E-state index >= 15 is 0 Å². The average molecular weight is 347 g/mol. The number of benzene rings is 1. The Hall–Kier alpha value is -2.86. The molecular formula is C20H21N5O. The topological polar surface area (TPSA) is 78.2 Å². The van der Waals surface area contributed by atoms with Crippen LogP contribution in [0.5, 0.6) is 0 Å². The second-order valence-electron chi connectivity index (χ2n) is 7.05. The lowest BCUT2D eigenvalue weighted by atomic mass is 9.93. The fourth-order valence-electron chi connectivity index (χ4n) is 3.77. The number of aromatic nitrogens is 4. The molecule has 6 nitrogen and oxygen atoms in total. The summed E-state index contributed by atoms with van der Waals surface area (Å²) in [7, 11) is 0. The molecule has 1 aliphatic rings. The van der Waals surface area contributed by atoms with Gasteiger partial charge in [-0.3, -0.25) is 0 Å². The number of rotatable bonds is 3. The summed E-state index contributed by atoms with van der Waals surface area (Å²) in [6, 6.07) is 14.7. The molecule has 0 radical (unpaired) electrons. The minimum Gasteiger partial charge on any atom is -0.393 e. The minimum atomic E-state index is -0.147. The molecule has 3 N–H and O–H groups in total. The average Bonchev–Trinajstić information content (AvgIpc) is 3.26. The van der Waals surface area contributed by atoms with Crippen LogP contribution in [0.2, 0.25) is 0 Å². The SMILES string of the molecule is OC1CCC(Nc2ccc3ncc(-c4cc5ccccc5[nH]4)n3n2)CC1. The standard InChI is InChI=1S/C20H21N5O/c26-15-7-5-14(6-8-15)22-19-9-10-20-21-12-18(25(20)24-19)17-11-13-3-1-2-4-16(13)23-17/h1-4,9-12,14-15,23,26H,5-8H2,(H,22,24). The third-order valence-corrected chi connectivity index (χ3v) is 5.22. The van der Waals surface area contributed by atoms with Gasteiger partial charge in [-0.05, 0) is 49.9 Å². The first-order chi connectivity index (χ1) is 12.8. The zero-order valence-corrected chi connectivity index (χ0v) is 14.4. The second-order valence-corrected chi connectivity index (χ2v) is 7.05. The predicted molar refractivity (Wildman–Crippen MR) is 102 cm³/mol. The first kappa shape index (κ1) is 15.4. The smallest absolute Gasteiger partial charge is 0.154 e. The highest BCUT2D eigenvalue weighted by molar-refractivity contribution is 5.85. The van der Waals surface area contributed by atoms with Gasteiger partial charge in [-0.15, -0.1) is 5.10 Å². The number of anilines is 1. The molecule has 1 fully saturated rings. The summed E-state index contributed by atoms with van der Waals surface area (Å²) in [5.41, 5.74) is 3.87. The number of fused-ring (bicyclic) bond motifs is 2. The van der Waals surface area contributed by atoms with Crippen molar-refractivity contribution >= 4 is 22.4 Å². The van der Waals surface area contributed by atoms with E-state index in [1.165, 1.54) is 5.39 Å². The van der Waals surface area contributed by atoms with Gasteiger partial charge >= 0.3 is 0 Å². The molecule has 6 heteroatoms. The number of nitrogens with zero attached hydrogens (tertiary/aromatic N) is 3. The minimum absolute atomic E-state index is 0.147. The molecule has 1 aromatic carbocycles. The van der Waals surface area contributed by atoms with E-state index in [9.17, 15) is 5.11 Å². The maximum atomic E-state index is 9.67. The third kappa shape index (κ3) is 2.72. The number of hydrogen-bond acceptors (Lipinski definition) is 4. The zero-order valence-electron chi connectivity index (χ0n) is 14.4. The Labute approximate surface area is 150 Å². The Kier molecular flexibility index (Phi) is 3.64. The molecule has 1 aliphatic carbocycles. The number of imidazole rings is 1. The molecule has 0 saturated heterocycles. The number of hydrogen-bond donors (Lipinski definition) is 3. The first-order valence-corrected chi connectivity index (χ1v) is 9.14. The van der Waals surface area contributed by atoms with Gasteiger partial charge in [0.15, 0.2) is 5.65 Å². The van der Waals surface area contributed by atoms with E-state index in [1.807, 2.05) is 35.0 Å². The van der Waals surface area contributed by atoms with Crippen LogP contribution in [0.4, 0.5) is 5.82 Å². The van der Waals surface area contributed by atoms with E-state index in [0.717, 1.165) is 54.1 Å². The lowest BCUT2D eigenvalue weighted by Crippen LogP contribution is -2.28. The summed E-state index contributed by atoms with van der Waals surface area (Å²) in [6.07, 6.45) is 5.36. The normalized spacial score (nSPS) is 20.7. The highest BCUT2D eigenvalue weighted by Gasteiger charge is 2.20. The van der Waals surface area contributed by atoms with E-state index in [4.69, 9.17) is 5.10 Å². The first-order valence-electron chi connectivity index (χ1n) is 9.14. The van der Waals surface area contributed by atoms with Crippen molar-refractivity contribution in [2.75, 3.05) is 5.32 Å². The van der Waals surface area contributed by atoms with E-state index in [0.29, 0.717) is 6.04 Å². The van der Waals surface area contributed by atoms with Gasteiger partial charge in [-0.1, -0.05) is 18.2 Å². The van der Waals surface area contributed by atoms with Crippen LogP contribution in [0.1, 0.15) is 25.7 Å². The molecule has 1 saturated carbocycles. The van der Waals surface area contributed by atoms with Gasteiger partial charge in [0.05, 0.1) is 18.0 Å². The van der Waals surface area contributed by atoms with Crippen LogP contribution in [0, 0.1) is 0 Å². The number of aliphatic hydroxyl groups is 1. The monoisotopic (exact) mass is 347 g/mol. The van der Waals surface area contributed by atoms with Crippen molar-refractivity contribution in [3.8, 4) is 11.4 Å². The van der Waals surface area contributed by atoms with Gasteiger partial charge in [0.2, 0.25) is 0 Å². The van der Waals surface area contributed by atoms with Gasteiger partial charge < -0.3 is 15.4 Å². The van der Waals surface area contributed by atoms with Gasteiger partial charge in [-0.25, -0.2) is 9.50 Å². The van der Waals surface area contributed by atoms with Crippen molar-refractivity contribution in [3.63, 3.8) is 0 Å². The number of para-hydroxylation sites is 1. The fourth-order valence-corrected chi connectivity index (χ4v) is 3.77. The molecule has 3 heterocycles. The molecule has 3 aromatic heterocycles. The molecule has 0 bridgehead atoms. The van der Waals surface area contributed by atoms with Crippen LogP contribution < -0.4 is 5.32 Å². The largest absolute Gasteiger partial charge is 0.393 e. The van der Waals surface area contributed by atoms with Crippen molar-refractivity contribution < 1.29 is 5.11 Å². The Morgan fingerprint density at radius 3 is 2.77 bits per heavy atom. The number of H-pyrrole nitrogens is 1. The lowest BCUT2D eigenvalue weighted by Gasteiger charge is -2.26. The molecule has 132 valence electrons. The van der Waals surface area contributed by atoms with Crippen LogP contribution in [0.25, 0.3) is 27.9 Å². The Morgan fingerprint density at radius 2 is 1.92 bits per heavy atom. The van der Waals surface area contributed by atoms with Crippen molar-refractivity contribution in [2.45, 2.75) is 37.8 Å².